The van der Waals surface area contributed by atoms with Gasteiger partial charge >= 0.3 is 17.3 Å². The second-order valence-electron chi connectivity index (χ2n) is 7.71. The van der Waals surface area contributed by atoms with E-state index in [2.05, 4.69) is 25.9 Å². The summed E-state index contributed by atoms with van der Waals surface area (Å²) in [5, 5.41) is 17.4. The Hall–Kier alpha value is -4.00. The summed E-state index contributed by atoms with van der Waals surface area (Å²) in [6.07, 6.45) is 1.25. The second kappa shape index (κ2) is 12.9. The number of carbonyl (C=O) groups excluding carboxylic acids is 2. The Bertz CT molecular complexity index is 1050. The average molecular weight is 476 g/mol. The van der Waals surface area contributed by atoms with Crippen LogP contribution in [-0.2, 0) is 20.8 Å². The van der Waals surface area contributed by atoms with Crippen LogP contribution in [-0.4, -0.2) is 62.5 Å². The van der Waals surface area contributed by atoms with Gasteiger partial charge in [0, 0.05) is 13.0 Å². The average Bonchev–Trinajstić information content (AvgIpc) is 2.77. The molecule has 184 valence electrons. The maximum Gasteiger partial charge on any atom is 0.352 e. The fraction of sp³-hybridized carbons (Fsp3) is 0.429. The van der Waals surface area contributed by atoms with E-state index in [4.69, 9.17) is 5.73 Å². The first-order chi connectivity index (χ1) is 16.2. The number of H-pyrrole nitrogens is 2. The highest BCUT2D eigenvalue weighted by atomic mass is 16.4. The molecule has 2 rings (SSSR count). The molecule has 0 saturated heterocycles. The molecule has 34 heavy (non-hydrogen) atoms. The summed E-state index contributed by atoms with van der Waals surface area (Å²) < 4.78 is 0. The van der Waals surface area contributed by atoms with Gasteiger partial charge in [-0.05, 0) is 31.7 Å². The van der Waals surface area contributed by atoms with E-state index in [-0.39, 0.29) is 18.8 Å². The van der Waals surface area contributed by atoms with Crippen LogP contribution in [0.2, 0.25) is 0 Å². The summed E-state index contributed by atoms with van der Waals surface area (Å²) in [5.41, 5.74) is 4.85. The summed E-state index contributed by atoms with van der Waals surface area (Å²) in [5.74, 6) is -2.36. The lowest BCUT2D eigenvalue weighted by Crippen LogP contribution is -2.54. The highest BCUT2D eigenvalue weighted by Gasteiger charge is 2.27. The number of carboxylic acids is 1. The monoisotopic (exact) mass is 475 g/mol. The molecule has 0 radical (unpaired) electrons. The summed E-state index contributed by atoms with van der Waals surface area (Å²) in [4.78, 5) is 66.9. The molecule has 13 nitrogen and oxygen atoms in total. The Morgan fingerprint density at radius 3 is 2.32 bits per heavy atom. The number of nitrogens with zero attached hydrogens (tertiary/aromatic N) is 1. The van der Waals surface area contributed by atoms with Gasteiger partial charge in [-0.25, -0.2) is 14.4 Å². The minimum absolute atomic E-state index is 0.0125. The zero-order valence-electron chi connectivity index (χ0n) is 18.7. The Labute approximate surface area is 194 Å². The van der Waals surface area contributed by atoms with Gasteiger partial charge in [0.25, 0.3) is 0 Å². The van der Waals surface area contributed by atoms with Crippen LogP contribution < -0.4 is 33.1 Å². The van der Waals surface area contributed by atoms with Gasteiger partial charge in [-0.3, -0.25) is 19.6 Å². The summed E-state index contributed by atoms with van der Waals surface area (Å²) >= 11 is 0. The lowest BCUT2D eigenvalue weighted by Gasteiger charge is -2.22. The molecular formula is C21H29N7O6. The number of aromatic amines is 2. The molecule has 0 aliphatic rings. The molecule has 0 saturated carbocycles. The molecule has 1 unspecified atom stereocenters. The molecule has 0 aliphatic carbocycles. The molecular weight excluding hydrogens is 446 g/mol. The van der Waals surface area contributed by atoms with Crippen LogP contribution in [0.3, 0.4) is 0 Å². The van der Waals surface area contributed by atoms with Gasteiger partial charge < -0.3 is 26.8 Å². The lowest BCUT2D eigenvalue weighted by atomic mass is 10.0. The maximum atomic E-state index is 12.8. The molecule has 2 amide bonds. The molecule has 1 aromatic heterocycles. The third-order valence-electron chi connectivity index (χ3n) is 4.82. The van der Waals surface area contributed by atoms with Crippen LogP contribution in [0, 0.1) is 0 Å². The van der Waals surface area contributed by atoms with E-state index in [0.717, 1.165) is 5.56 Å². The number of nitrogens with one attached hydrogen (secondary N) is 5. The van der Waals surface area contributed by atoms with Crippen molar-refractivity contribution in [3.05, 3.63) is 56.9 Å². The van der Waals surface area contributed by atoms with Crippen LogP contribution in [0.4, 0.5) is 5.95 Å². The number of carbonyl (C=O) groups is 3. The third kappa shape index (κ3) is 8.86. The van der Waals surface area contributed by atoms with Crippen molar-refractivity contribution in [1.82, 2.24) is 25.6 Å². The number of hydrogen-bond donors (Lipinski definition) is 7. The topological polar surface area (TPSA) is 212 Å². The molecule has 0 aliphatic heterocycles. The summed E-state index contributed by atoms with van der Waals surface area (Å²) in [6, 6.07) is 5.84. The quantitative estimate of drug-likeness (QED) is 0.171. The fourth-order valence-electron chi connectivity index (χ4n) is 3.05. The zero-order valence-corrected chi connectivity index (χ0v) is 18.7. The number of carboxylic acid groups (broad SMARTS) is 1. The molecule has 1 aromatic carbocycles. The number of nitrogens with two attached hydrogens (primary N) is 1. The van der Waals surface area contributed by atoms with Gasteiger partial charge in [-0.1, -0.05) is 30.3 Å². The van der Waals surface area contributed by atoms with Crippen molar-refractivity contribution in [2.24, 2.45) is 5.73 Å². The molecule has 0 fully saturated rings. The predicted molar refractivity (Wildman–Crippen MR) is 123 cm³/mol. The Morgan fingerprint density at radius 1 is 1.03 bits per heavy atom. The minimum Gasteiger partial charge on any atom is -0.480 e. The Balaban J connectivity index is 1.95. The van der Waals surface area contributed by atoms with Crippen molar-refractivity contribution in [2.75, 3.05) is 11.9 Å². The fourth-order valence-corrected chi connectivity index (χ4v) is 3.05. The normalized spacial score (nSPS) is 13.4. The number of hydrogen-bond acceptors (Lipinski definition) is 8. The Kier molecular flexibility index (Phi) is 9.95. The summed E-state index contributed by atoms with van der Waals surface area (Å²) in [7, 11) is 0. The van der Waals surface area contributed by atoms with Crippen LogP contribution in [0.1, 0.15) is 31.7 Å². The SMILES string of the molecule is C[C@H](N)C(=O)NC(CCCCNc1nc(=O)[nH]c(=O)[nH]1)C(=O)N[C@@H](Cc1ccccc1)C(=O)O. The number of aromatic nitrogens is 3. The third-order valence-corrected chi connectivity index (χ3v) is 4.82. The van der Waals surface area contributed by atoms with E-state index in [0.29, 0.717) is 19.4 Å². The summed E-state index contributed by atoms with van der Waals surface area (Å²) in [6.45, 7) is 1.80. The Morgan fingerprint density at radius 2 is 1.71 bits per heavy atom. The van der Waals surface area contributed by atoms with Crippen molar-refractivity contribution in [1.29, 1.82) is 0 Å². The molecule has 8 N–H and O–H groups in total. The van der Waals surface area contributed by atoms with Crippen molar-refractivity contribution in [2.45, 2.75) is 50.7 Å². The van der Waals surface area contributed by atoms with Gasteiger partial charge in [0.05, 0.1) is 6.04 Å². The molecule has 13 heteroatoms. The van der Waals surface area contributed by atoms with Crippen molar-refractivity contribution < 1.29 is 19.5 Å². The highest BCUT2D eigenvalue weighted by Crippen LogP contribution is 2.07. The van der Waals surface area contributed by atoms with Crippen molar-refractivity contribution in [3.8, 4) is 0 Å². The first-order valence-corrected chi connectivity index (χ1v) is 10.7. The number of anilines is 1. The zero-order chi connectivity index (χ0) is 25.1. The van der Waals surface area contributed by atoms with E-state index in [1.54, 1.807) is 30.3 Å². The molecule has 0 bridgehead atoms. The standard InChI is InChI=1S/C21H29N7O6/c1-12(22)16(29)24-14(9-5-6-10-23-19-26-20(33)28-21(34)27-19)17(30)25-15(18(31)32)11-13-7-3-2-4-8-13/h2-4,7-8,12,14-15H,5-6,9-11,22H2,1H3,(H,24,29)(H,25,30)(H,31,32)(H3,23,26,27,28,33,34)/t12-,14?,15-/m0/s1. The minimum atomic E-state index is -1.20. The van der Waals surface area contributed by atoms with Gasteiger partial charge in [0.1, 0.15) is 12.1 Å². The van der Waals surface area contributed by atoms with Crippen LogP contribution >= 0.6 is 0 Å². The highest BCUT2D eigenvalue weighted by molar-refractivity contribution is 5.91. The predicted octanol–water partition coefficient (Wildman–Crippen LogP) is -1.32. The molecule has 1 heterocycles. The lowest BCUT2D eigenvalue weighted by molar-refractivity contribution is -0.142. The van der Waals surface area contributed by atoms with Crippen molar-refractivity contribution >= 4 is 23.7 Å². The number of rotatable bonds is 13. The molecule has 3 atom stereocenters. The van der Waals surface area contributed by atoms with E-state index >= 15 is 0 Å². The first kappa shape index (κ1) is 26.3. The largest absolute Gasteiger partial charge is 0.480 e. The van der Waals surface area contributed by atoms with E-state index in [1.807, 2.05) is 4.98 Å². The smallest absolute Gasteiger partial charge is 0.352 e. The maximum absolute atomic E-state index is 12.8. The van der Waals surface area contributed by atoms with Gasteiger partial charge in [0.15, 0.2) is 0 Å². The van der Waals surface area contributed by atoms with Crippen LogP contribution in [0.15, 0.2) is 39.9 Å². The van der Waals surface area contributed by atoms with E-state index in [9.17, 15) is 29.1 Å². The van der Waals surface area contributed by atoms with Crippen LogP contribution in [0.5, 0.6) is 0 Å². The van der Waals surface area contributed by atoms with E-state index in [1.165, 1.54) is 6.92 Å². The van der Waals surface area contributed by atoms with Gasteiger partial charge in [-0.15, -0.1) is 0 Å². The van der Waals surface area contributed by atoms with Gasteiger partial charge in [0.2, 0.25) is 17.8 Å². The number of benzene rings is 1. The number of amides is 2. The number of aliphatic carboxylic acids is 1. The van der Waals surface area contributed by atoms with Crippen LogP contribution in [0.25, 0.3) is 0 Å². The molecule has 2 aromatic rings. The number of unbranched alkanes of at least 4 members (excludes halogenated alkanes) is 1. The van der Waals surface area contributed by atoms with Crippen molar-refractivity contribution in [3.63, 3.8) is 0 Å². The van der Waals surface area contributed by atoms with Gasteiger partial charge in [-0.2, -0.15) is 4.98 Å². The second-order valence-corrected chi connectivity index (χ2v) is 7.71. The van der Waals surface area contributed by atoms with E-state index < -0.39 is 47.3 Å². The first-order valence-electron chi connectivity index (χ1n) is 10.7. The molecule has 0 spiro atoms.